The molecule has 21 heavy (non-hydrogen) atoms. The Morgan fingerprint density at radius 3 is 1.95 bits per heavy atom. The highest BCUT2D eigenvalue weighted by Crippen LogP contribution is 2.09. The molecule has 0 aliphatic carbocycles. The summed E-state index contributed by atoms with van der Waals surface area (Å²) in [5, 5.41) is 18.3. The smallest absolute Gasteiger partial charge is 0.0894 e. The highest BCUT2D eigenvalue weighted by molar-refractivity contribution is 4.93. The van der Waals surface area contributed by atoms with E-state index in [1.807, 2.05) is 6.08 Å². The Morgan fingerprint density at radius 1 is 0.857 bits per heavy atom. The summed E-state index contributed by atoms with van der Waals surface area (Å²) in [6.45, 7) is 2.03. The first-order valence-electron chi connectivity index (χ1n) is 8.58. The van der Waals surface area contributed by atoms with Crippen molar-refractivity contribution in [2.75, 3.05) is 6.61 Å². The van der Waals surface area contributed by atoms with Gasteiger partial charge in [-0.1, -0.05) is 63.3 Å². The fourth-order valence-electron chi connectivity index (χ4n) is 2.12. The van der Waals surface area contributed by atoms with Gasteiger partial charge in [0.1, 0.15) is 0 Å². The molecule has 3 heteroatoms. The topological polar surface area (TPSA) is 66.5 Å². The molecule has 4 N–H and O–H groups in total. The average Bonchev–Trinajstić information content (AvgIpc) is 2.50. The molecule has 0 spiro atoms. The van der Waals surface area contributed by atoms with Crippen LogP contribution in [0.5, 0.6) is 0 Å². The molecule has 0 rings (SSSR count). The van der Waals surface area contributed by atoms with Gasteiger partial charge in [-0.3, -0.25) is 0 Å². The molecule has 0 aromatic rings. The van der Waals surface area contributed by atoms with Gasteiger partial charge < -0.3 is 15.9 Å². The Bertz CT molecular complexity index is 264. The summed E-state index contributed by atoms with van der Waals surface area (Å²) in [6, 6.07) is -0.562. The highest BCUT2D eigenvalue weighted by atomic mass is 16.3. The summed E-state index contributed by atoms with van der Waals surface area (Å²) < 4.78 is 0. The van der Waals surface area contributed by atoms with Gasteiger partial charge >= 0.3 is 0 Å². The number of rotatable bonds is 14. The zero-order valence-electron chi connectivity index (χ0n) is 13.7. The van der Waals surface area contributed by atoms with E-state index in [1.54, 1.807) is 6.08 Å². The first-order valence-corrected chi connectivity index (χ1v) is 8.58. The molecule has 0 fully saturated rings. The van der Waals surface area contributed by atoms with E-state index >= 15 is 0 Å². The second-order valence-electron chi connectivity index (χ2n) is 5.72. The predicted molar refractivity (Wildman–Crippen MR) is 91.2 cm³/mol. The normalized spacial score (nSPS) is 15.0. The van der Waals surface area contributed by atoms with Crippen molar-refractivity contribution in [2.45, 2.75) is 83.3 Å². The van der Waals surface area contributed by atoms with Crippen LogP contribution < -0.4 is 5.73 Å². The zero-order chi connectivity index (χ0) is 15.8. The molecule has 0 aromatic heterocycles. The van der Waals surface area contributed by atoms with Crippen LogP contribution in [0.25, 0.3) is 0 Å². The Hall–Kier alpha value is -0.640. The van der Waals surface area contributed by atoms with E-state index in [9.17, 15) is 5.11 Å². The van der Waals surface area contributed by atoms with Crippen LogP contribution in [0.4, 0.5) is 0 Å². The molecule has 124 valence electrons. The van der Waals surface area contributed by atoms with Crippen LogP contribution in [0.2, 0.25) is 0 Å². The van der Waals surface area contributed by atoms with E-state index in [4.69, 9.17) is 10.8 Å². The molecule has 0 radical (unpaired) electrons. The second-order valence-corrected chi connectivity index (χ2v) is 5.72. The van der Waals surface area contributed by atoms with Gasteiger partial charge in [-0.2, -0.15) is 0 Å². The lowest BCUT2D eigenvalue weighted by atomic mass is 10.1. The number of nitrogens with two attached hydrogens (primary N) is 1. The summed E-state index contributed by atoms with van der Waals surface area (Å²) in [5.74, 6) is 0. The maximum Gasteiger partial charge on any atom is 0.0894 e. The Balaban J connectivity index is 3.27. The van der Waals surface area contributed by atoms with Crippen molar-refractivity contribution in [3.63, 3.8) is 0 Å². The van der Waals surface area contributed by atoms with Crippen LogP contribution in [0.15, 0.2) is 24.3 Å². The van der Waals surface area contributed by atoms with Gasteiger partial charge in [0.15, 0.2) is 0 Å². The third-order valence-corrected chi connectivity index (χ3v) is 3.60. The predicted octanol–water partition coefficient (Wildman–Crippen LogP) is 3.70. The van der Waals surface area contributed by atoms with Crippen molar-refractivity contribution in [1.29, 1.82) is 0 Å². The first-order chi connectivity index (χ1) is 10.2. The fourth-order valence-corrected chi connectivity index (χ4v) is 2.12. The van der Waals surface area contributed by atoms with Crippen molar-refractivity contribution in [3.8, 4) is 0 Å². The van der Waals surface area contributed by atoms with E-state index in [2.05, 4.69) is 19.1 Å². The number of aliphatic hydroxyl groups is 2. The second kappa shape index (κ2) is 15.7. The number of unbranched alkanes of at least 4 members (excludes halogenated alkanes) is 8. The zero-order valence-corrected chi connectivity index (χ0v) is 13.7. The SMILES string of the molecule is CCC/C=C\CCCCCCCC/C=C/[C@@H](O)[C@@H](N)CO. The van der Waals surface area contributed by atoms with E-state index in [-0.39, 0.29) is 6.61 Å². The molecule has 0 aromatic carbocycles. The van der Waals surface area contributed by atoms with Gasteiger partial charge in [0, 0.05) is 0 Å². The maximum atomic E-state index is 9.52. The quantitative estimate of drug-likeness (QED) is 0.338. The third kappa shape index (κ3) is 14.1. The van der Waals surface area contributed by atoms with Crippen LogP contribution in [0.3, 0.4) is 0 Å². The van der Waals surface area contributed by atoms with Crippen LogP contribution in [-0.4, -0.2) is 29.0 Å². The number of aliphatic hydroxyl groups excluding tert-OH is 2. The monoisotopic (exact) mass is 297 g/mol. The largest absolute Gasteiger partial charge is 0.395 e. The molecule has 3 nitrogen and oxygen atoms in total. The molecular weight excluding hydrogens is 262 g/mol. The number of hydrogen-bond acceptors (Lipinski definition) is 3. The van der Waals surface area contributed by atoms with E-state index in [0.717, 1.165) is 12.8 Å². The molecule has 0 aliphatic rings. The van der Waals surface area contributed by atoms with Gasteiger partial charge in [-0.15, -0.1) is 0 Å². The molecule has 0 aliphatic heterocycles. The number of hydrogen-bond donors (Lipinski definition) is 3. The molecule has 0 bridgehead atoms. The standard InChI is InChI=1S/C18H35NO2/c1-2-3-4-5-6-7-8-9-10-11-12-13-14-15-18(21)17(19)16-20/h4-5,14-15,17-18,20-21H,2-3,6-13,16,19H2,1H3/b5-4-,15-14+/t17-,18+/m0/s1. The third-order valence-electron chi connectivity index (χ3n) is 3.60. The van der Waals surface area contributed by atoms with Crippen molar-refractivity contribution >= 4 is 0 Å². The van der Waals surface area contributed by atoms with Crippen LogP contribution in [0.1, 0.15) is 71.1 Å². The Labute approximate surface area is 130 Å². The van der Waals surface area contributed by atoms with Crippen molar-refractivity contribution in [1.82, 2.24) is 0 Å². The molecule has 0 heterocycles. The highest BCUT2D eigenvalue weighted by Gasteiger charge is 2.08. The Morgan fingerprint density at radius 2 is 1.38 bits per heavy atom. The van der Waals surface area contributed by atoms with E-state index in [0.29, 0.717) is 0 Å². The number of allylic oxidation sites excluding steroid dienone is 3. The van der Waals surface area contributed by atoms with Crippen molar-refractivity contribution < 1.29 is 10.2 Å². The van der Waals surface area contributed by atoms with Crippen molar-refractivity contribution in [2.24, 2.45) is 5.73 Å². The summed E-state index contributed by atoms with van der Waals surface area (Å²) in [7, 11) is 0. The fraction of sp³-hybridized carbons (Fsp3) is 0.778. The summed E-state index contributed by atoms with van der Waals surface area (Å²) in [6.07, 6.45) is 19.9. The van der Waals surface area contributed by atoms with Crippen molar-refractivity contribution in [3.05, 3.63) is 24.3 Å². The minimum atomic E-state index is -0.726. The van der Waals surface area contributed by atoms with E-state index in [1.165, 1.54) is 51.4 Å². The minimum Gasteiger partial charge on any atom is -0.395 e. The maximum absolute atomic E-state index is 9.52. The summed E-state index contributed by atoms with van der Waals surface area (Å²) in [4.78, 5) is 0. The van der Waals surface area contributed by atoms with Gasteiger partial charge in [-0.05, 0) is 32.1 Å². The lowest BCUT2D eigenvalue weighted by Gasteiger charge is -2.11. The molecule has 2 atom stereocenters. The molecule has 0 amide bonds. The lowest BCUT2D eigenvalue weighted by Crippen LogP contribution is -2.36. The average molecular weight is 297 g/mol. The minimum absolute atomic E-state index is 0.181. The summed E-state index contributed by atoms with van der Waals surface area (Å²) >= 11 is 0. The summed E-state index contributed by atoms with van der Waals surface area (Å²) in [5.41, 5.74) is 5.51. The first kappa shape index (κ1) is 20.4. The molecule has 0 saturated heterocycles. The van der Waals surface area contributed by atoms with Gasteiger partial charge in [-0.25, -0.2) is 0 Å². The van der Waals surface area contributed by atoms with E-state index < -0.39 is 12.1 Å². The van der Waals surface area contributed by atoms with Gasteiger partial charge in [0.25, 0.3) is 0 Å². The van der Waals surface area contributed by atoms with Crippen LogP contribution in [0, 0.1) is 0 Å². The molecule has 0 unspecified atom stereocenters. The lowest BCUT2D eigenvalue weighted by molar-refractivity contribution is 0.144. The van der Waals surface area contributed by atoms with Gasteiger partial charge in [0.2, 0.25) is 0 Å². The molecule has 0 saturated carbocycles. The Kier molecular flexibility index (Phi) is 15.3. The van der Waals surface area contributed by atoms with Gasteiger partial charge in [0.05, 0.1) is 18.8 Å². The van der Waals surface area contributed by atoms with Crippen LogP contribution >= 0.6 is 0 Å². The van der Waals surface area contributed by atoms with Crippen LogP contribution in [-0.2, 0) is 0 Å². The molecular formula is C18H35NO2.